The van der Waals surface area contributed by atoms with Crippen LogP contribution in [0.25, 0.3) is 0 Å². The summed E-state index contributed by atoms with van der Waals surface area (Å²) in [4.78, 5) is -1.49. The second-order valence-corrected chi connectivity index (χ2v) is 10.8. The Morgan fingerprint density at radius 2 is 1.03 bits per heavy atom. The molecule has 0 saturated carbocycles. The Hall–Kier alpha value is -1.27. The minimum Gasteiger partial charge on any atom is -0.347 e. The first-order valence-corrected chi connectivity index (χ1v) is 14.0. The standard InChI is InChI=1S/C25H44N2O3S/c1-2-3-4-5-6-7-8-9-10-11-12-13-14-15-16-19-22-25(31(28,29)30)26-23-20-17-18-21-24(23)27-25/h17-18,20-21,26-27H,2-16,19,22H2,1H3,(H,28,29,30). The average Bonchev–Trinajstić information content (AvgIpc) is 3.13. The summed E-state index contributed by atoms with van der Waals surface area (Å²) in [6, 6.07) is 7.34. The first-order chi connectivity index (χ1) is 15.0. The molecule has 31 heavy (non-hydrogen) atoms. The molecular formula is C25H44N2O3S. The third-order valence-electron chi connectivity index (χ3n) is 6.42. The molecule has 0 atom stereocenters. The predicted octanol–water partition coefficient (Wildman–Crippen LogP) is 7.72. The van der Waals surface area contributed by atoms with Gasteiger partial charge in [0.1, 0.15) is 0 Å². The summed E-state index contributed by atoms with van der Waals surface area (Å²) in [5.41, 5.74) is 1.44. The van der Waals surface area contributed by atoms with Gasteiger partial charge in [0.15, 0.2) is 0 Å². The molecule has 5 nitrogen and oxygen atoms in total. The summed E-state index contributed by atoms with van der Waals surface area (Å²) >= 11 is 0. The summed E-state index contributed by atoms with van der Waals surface area (Å²) in [6.07, 6.45) is 20.8. The summed E-state index contributed by atoms with van der Waals surface area (Å²) in [6.45, 7) is 2.27. The first-order valence-electron chi connectivity index (χ1n) is 12.6. The number of rotatable bonds is 18. The Kier molecular flexibility index (Phi) is 11.7. The second kappa shape index (κ2) is 14.0. The molecule has 3 N–H and O–H groups in total. The maximum Gasteiger partial charge on any atom is 0.308 e. The van der Waals surface area contributed by atoms with Gasteiger partial charge in [-0.2, -0.15) is 8.42 Å². The predicted molar refractivity (Wildman–Crippen MR) is 132 cm³/mol. The van der Waals surface area contributed by atoms with Crippen molar-refractivity contribution in [1.29, 1.82) is 0 Å². The van der Waals surface area contributed by atoms with E-state index in [1.807, 2.05) is 24.3 Å². The van der Waals surface area contributed by atoms with Crippen LogP contribution in [0, 0.1) is 0 Å². The Morgan fingerprint density at radius 1 is 0.677 bits per heavy atom. The Bertz CT molecular complexity index is 696. The molecule has 0 aliphatic carbocycles. The zero-order valence-corrected chi connectivity index (χ0v) is 20.3. The third-order valence-corrected chi connectivity index (χ3v) is 7.71. The van der Waals surface area contributed by atoms with Crippen molar-refractivity contribution in [3.8, 4) is 0 Å². The van der Waals surface area contributed by atoms with Gasteiger partial charge in [-0.05, 0) is 18.6 Å². The number of unbranched alkanes of at least 4 members (excludes halogenated alkanes) is 15. The topological polar surface area (TPSA) is 78.4 Å². The molecule has 1 aromatic rings. The van der Waals surface area contributed by atoms with Gasteiger partial charge in [-0.3, -0.25) is 4.55 Å². The van der Waals surface area contributed by atoms with Crippen molar-refractivity contribution >= 4 is 21.5 Å². The molecule has 0 saturated heterocycles. The van der Waals surface area contributed by atoms with Gasteiger partial charge in [-0.15, -0.1) is 0 Å². The van der Waals surface area contributed by atoms with E-state index >= 15 is 0 Å². The van der Waals surface area contributed by atoms with E-state index in [0.717, 1.165) is 30.6 Å². The highest BCUT2D eigenvalue weighted by molar-refractivity contribution is 7.87. The number of benzene rings is 1. The molecule has 0 radical (unpaired) electrons. The van der Waals surface area contributed by atoms with E-state index in [2.05, 4.69) is 17.6 Å². The van der Waals surface area contributed by atoms with Crippen molar-refractivity contribution in [2.75, 3.05) is 10.6 Å². The van der Waals surface area contributed by atoms with Crippen LogP contribution < -0.4 is 10.6 Å². The van der Waals surface area contributed by atoms with E-state index in [-0.39, 0.29) is 0 Å². The van der Waals surface area contributed by atoms with Crippen LogP contribution >= 0.6 is 0 Å². The number of nitrogens with one attached hydrogen (secondary N) is 2. The van der Waals surface area contributed by atoms with Crippen molar-refractivity contribution in [3.63, 3.8) is 0 Å². The minimum atomic E-state index is -4.27. The second-order valence-electron chi connectivity index (χ2n) is 9.15. The molecule has 0 aromatic heterocycles. The lowest BCUT2D eigenvalue weighted by atomic mass is 10.0. The van der Waals surface area contributed by atoms with E-state index in [4.69, 9.17) is 0 Å². The highest BCUT2D eigenvalue weighted by Gasteiger charge is 2.46. The number of hydrogen-bond acceptors (Lipinski definition) is 4. The molecule has 0 fully saturated rings. The quantitative estimate of drug-likeness (QED) is 0.157. The Morgan fingerprint density at radius 3 is 1.39 bits per heavy atom. The fraction of sp³-hybridized carbons (Fsp3) is 0.760. The molecule has 1 heterocycles. The fourth-order valence-electron chi connectivity index (χ4n) is 4.47. The molecule has 1 aromatic carbocycles. The van der Waals surface area contributed by atoms with Crippen molar-refractivity contribution in [1.82, 2.24) is 0 Å². The summed E-state index contributed by atoms with van der Waals surface area (Å²) in [5.74, 6) is 0. The van der Waals surface area contributed by atoms with E-state index in [1.54, 1.807) is 0 Å². The third kappa shape index (κ3) is 9.01. The molecule has 1 aliphatic rings. The lowest BCUT2D eigenvalue weighted by Gasteiger charge is -2.27. The molecular weight excluding hydrogens is 408 g/mol. The molecule has 0 amide bonds. The molecule has 0 spiro atoms. The summed E-state index contributed by atoms with van der Waals surface area (Å²) < 4.78 is 33.9. The van der Waals surface area contributed by atoms with Crippen molar-refractivity contribution in [2.24, 2.45) is 0 Å². The van der Waals surface area contributed by atoms with Gasteiger partial charge in [0.2, 0.25) is 4.99 Å². The molecule has 2 rings (SSSR count). The van der Waals surface area contributed by atoms with E-state index < -0.39 is 15.1 Å². The van der Waals surface area contributed by atoms with Crippen LogP contribution in [0.1, 0.15) is 116 Å². The van der Waals surface area contributed by atoms with Gasteiger partial charge in [0.05, 0.1) is 11.4 Å². The van der Waals surface area contributed by atoms with Gasteiger partial charge in [-0.25, -0.2) is 0 Å². The zero-order chi connectivity index (χ0) is 22.4. The van der Waals surface area contributed by atoms with E-state index in [0.29, 0.717) is 6.42 Å². The summed E-state index contributed by atoms with van der Waals surface area (Å²) in [5, 5.41) is 5.98. The van der Waals surface area contributed by atoms with Crippen LogP contribution in [0.3, 0.4) is 0 Å². The first kappa shape index (κ1) is 26.0. The van der Waals surface area contributed by atoms with Crippen LogP contribution in [-0.2, 0) is 10.1 Å². The average molecular weight is 453 g/mol. The lowest BCUT2D eigenvalue weighted by Crippen LogP contribution is -2.49. The van der Waals surface area contributed by atoms with E-state index in [9.17, 15) is 13.0 Å². The van der Waals surface area contributed by atoms with Gasteiger partial charge in [0.25, 0.3) is 0 Å². The van der Waals surface area contributed by atoms with Crippen molar-refractivity contribution in [3.05, 3.63) is 24.3 Å². The van der Waals surface area contributed by atoms with Gasteiger partial charge in [0, 0.05) is 6.42 Å². The number of hydrogen-bond donors (Lipinski definition) is 3. The fourth-order valence-corrected chi connectivity index (χ4v) is 5.35. The van der Waals surface area contributed by atoms with Crippen LogP contribution in [0.2, 0.25) is 0 Å². The van der Waals surface area contributed by atoms with Crippen molar-refractivity contribution in [2.45, 2.75) is 121 Å². The number of anilines is 2. The number of fused-ring (bicyclic) bond motifs is 1. The number of para-hydroxylation sites is 2. The largest absolute Gasteiger partial charge is 0.347 e. The molecule has 0 unspecified atom stereocenters. The highest BCUT2D eigenvalue weighted by Crippen LogP contribution is 2.38. The van der Waals surface area contributed by atoms with Crippen LogP contribution in [0.4, 0.5) is 11.4 Å². The molecule has 6 heteroatoms. The van der Waals surface area contributed by atoms with Crippen molar-refractivity contribution < 1.29 is 13.0 Å². The maximum absolute atomic E-state index is 12.0. The Balaban J connectivity index is 1.47. The van der Waals surface area contributed by atoms with Gasteiger partial charge in [-0.1, -0.05) is 115 Å². The van der Waals surface area contributed by atoms with Gasteiger partial charge < -0.3 is 10.6 Å². The smallest absolute Gasteiger partial charge is 0.308 e. The Labute approximate surface area is 190 Å². The van der Waals surface area contributed by atoms with Gasteiger partial charge >= 0.3 is 10.1 Å². The lowest BCUT2D eigenvalue weighted by molar-refractivity contribution is 0.434. The molecule has 178 valence electrons. The highest BCUT2D eigenvalue weighted by atomic mass is 32.2. The zero-order valence-electron chi connectivity index (χ0n) is 19.5. The molecule has 1 aliphatic heterocycles. The maximum atomic E-state index is 12.0. The monoisotopic (exact) mass is 452 g/mol. The SMILES string of the molecule is CCCCCCCCCCCCCCCCCCC1(S(=O)(=O)O)Nc2ccccc2N1. The van der Waals surface area contributed by atoms with Crippen LogP contribution in [0.15, 0.2) is 24.3 Å². The summed E-state index contributed by atoms with van der Waals surface area (Å²) in [7, 11) is -4.27. The van der Waals surface area contributed by atoms with E-state index in [1.165, 1.54) is 83.5 Å². The van der Waals surface area contributed by atoms with Crippen LogP contribution in [-0.4, -0.2) is 18.0 Å². The normalized spacial score (nSPS) is 14.8. The minimum absolute atomic E-state index is 0.346. The molecule has 0 bridgehead atoms. The van der Waals surface area contributed by atoms with Crippen LogP contribution in [0.5, 0.6) is 0 Å².